The third kappa shape index (κ3) is 13.7. The molecule has 2 fully saturated rings. The number of aromatic nitrogens is 4. The topological polar surface area (TPSA) is 177 Å². The SMILES string of the molecule is O=C(Nc1ccc(Cl)c(F)c1)Nc1ccc(F)c(Oc2ccc3ncc(CN4CCOCC4)nc3c2)c1.O=C(Nc1ccc(F)c(F)c1)Nc1ccc(F)c(Oc2ccc3ncc(CN4CCOCC4)nc3c2)c1. The maximum atomic E-state index is 14.5. The summed E-state index contributed by atoms with van der Waals surface area (Å²) in [7, 11) is 0. The quantitative estimate of drug-likeness (QED) is 0.0853. The molecule has 4 N–H and O–H groups in total. The highest BCUT2D eigenvalue weighted by Gasteiger charge is 2.17. The third-order valence-electron chi connectivity index (χ3n) is 11.3. The van der Waals surface area contributed by atoms with Crippen molar-refractivity contribution >= 4 is 68.5 Å². The van der Waals surface area contributed by atoms with E-state index < -0.39 is 41.1 Å². The van der Waals surface area contributed by atoms with E-state index in [-0.39, 0.29) is 39.3 Å². The number of halogens is 6. The Morgan fingerprint density at radius 2 is 0.892 bits per heavy atom. The molecule has 0 atom stereocenters. The van der Waals surface area contributed by atoms with Crippen LogP contribution >= 0.6 is 11.6 Å². The van der Waals surface area contributed by atoms with Gasteiger partial charge in [-0.3, -0.25) is 19.8 Å². The molecule has 4 amide bonds. The van der Waals surface area contributed by atoms with Gasteiger partial charge in [-0.05, 0) is 78.9 Å². The Morgan fingerprint density at radius 1 is 0.486 bits per heavy atom. The van der Waals surface area contributed by atoms with Gasteiger partial charge in [0.15, 0.2) is 34.8 Å². The minimum Gasteiger partial charge on any atom is -0.454 e. The van der Waals surface area contributed by atoms with Crippen molar-refractivity contribution in [3.8, 4) is 23.0 Å². The van der Waals surface area contributed by atoms with Crippen molar-refractivity contribution in [2.24, 2.45) is 0 Å². The van der Waals surface area contributed by atoms with Gasteiger partial charge in [-0.2, -0.15) is 0 Å². The fraction of sp³-hybridized carbons (Fsp3) is 0.192. The number of carbonyl (C=O) groups excluding carboxylic acids is 2. The molecule has 4 heterocycles. The molecule has 6 aromatic carbocycles. The van der Waals surface area contributed by atoms with Crippen LogP contribution in [0.4, 0.5) is 54.3 Å². The van der Waals surface area contributed by atoms with Crippen LogP contribution in [0.5, 0.6) is 23.0 Å². The van der Waals surface area contributed by atoms with E-state index in [1.54, 1.807) is 48.8 Å². The van der Waals surface area contributed by atoms with Gasteiger partial charge in [-0.25, -0.2) is 41.5 Å². The van der Waals surface area contributed by atoms with Crippen LogP contribution in [0.2, 0.25) is 5.02 Å². The van der Waals surface area contributed by atoms with Crippen molar-refractivity contribution in [2.45, 2.75) is 13.1 Å². The molecule has 8 aromatic rings. The average molecular weight is 1040 g/mol. The van der Waals surface area contributed by atoms with E-state index in [2.05, 4.69) is 51.0 Å². The number of morpholine rings is 2. The smallest absolute Gasteiger partial charge is 0.323 e. The predicted octanol–water partition coefficient (Wildman–Crippen LogP) is 11.1. The molecule has 0 saturated carbocycles. The summed E-state index contributed by atoms with van der Waals surface area (Å²) in [5.74, 6) is -3.55. The first-order valence-electron chi connectivity index (χ1n) is 23.0. The van der Waals surface area contributed by atoms with Crippen LogP contribution < -0.4 is 30.7 Å². The number of nitrogens with zero attached hydrogens (tertiary/aromatic N) is 6. The number of amides is 4. The number of nitrogens with one attached hydrogen (secondary N) is 4. The Morgan fingerprint density at radius 3 is 1.32 bits per heavy atom. The summed E-state index contributed by atoms with van der Waals surface area (Å²) >= 11 is 5.66. The summed E-state index contributed by atoms with van der Waals surface area (Å²) in [4.78, 5) is 47.3. The van der Waals surface area contributed by atoms with Gasteiger partial charge in [-0.15, -0.1) is 0 Å². The number of benzene rings is 6. The highest BCUT2D eigenvalue weighted by molar-refractivity contribution is 6.30. The molecule has 74 heavy (non-hydrogen) atoms. The molecule has 0 radical (unpaired) electrons. The lowest BCUT2D eigenvalue weighted by molar-refractivity contribution is 0.0336. The average Bonchev–Trinajstić information content (AvgIpc) is 3.39. The second kappa shape index (κ2) is 23.6. The summed E-state index contributed by atoms with van der Waals surface area (Å²) in [6, 6.07) is 23.3. The molecule has 2 saturated heterocycles. The normalized spacial score (nSPS) is 13.9. The Bertz CT molecular complexity index is 3120. The van der Waals surface area contributed by atoms with Crippen molar-refractivity contribution in [1.29, 1.82) is 0 Å². The van der Waals surface area contributed by atoms with Gasteiger partial charge in [-0.1, -0.05) is 11.6 Å². The van der Waals surface area contributed by atoms with Crippen molar-refractivity contribution < 1.29 is 50.5 Å². The van der Waals surface area contributed by atoms with E-state index in [0.29, 0.717) is 73.1 Å². The molecule has 0 aliphatic carbocycles. The first-order valence-corrected chi connectivity index (χ1v) is 23.4. The van der Waals surface area contributed by atoms with Crippen molar-refractivity contribution in [2.75, 3.05) is 73.9 Å². The standard InChI is InChI=1S/C26H22ClF2N5O3.C26H22F3N5O3/c2*27-20-4-1-16(11-22(20)29)32-26(35)33-17-2-5-21(28)25(12-17)37-19-3-6-23-24(13-19)31-18(14-30-23)15-34-7-9-36-10-8-34/h2*1-6,11-14H,7-10,15H2,(H2,32,33,35). The van der Waals surface area contributed by atoms with Crippen molar-refractivity contribution in [3.63, 3.8) is 0 Å². The Hall–Kier alpha value is -8.08. The van der Waals surface area contributed by atoms with Crippen molar-refractivity contribution in [3.05, 3.63) is 167 Å². The van der Waals surface area contributed by atoms with E-state index in [9.17, 15) is 31.5 Å². The minimum atomic E-state index is -1.09. The molecule has 2 aliphatic rings. The van der Waals surface area contributed by atoms with Gasteiger partial charge >= 0.3 is 12.1 Å². The van der Waals surface area contributed by atoms with E-state index >= 15 is 0 Å². The highest BCUT2D eigenvalue weighted by atomic mass is 35.5. The molecule has 2 aromatic heterocycles. The number of urea groups is 2. The maximum Gasteiger partial charge on any atom is 0.323 e. The zero-order chi connectivity index (χ0) is 51.6. The molecule has 22 heteroatoms. The lowest BCUT2D eigenvalue weighted by Crippen LogP contribution is -2.35. The van der Waals surface area contributed by atoms with Crippen LogP contribution in [-0.2, 0) is 22.6 Å². The molecule has 0 spiro atoms. The summed E-state index contributed by atoms with van der Waals surface area (Å²) in [6.07, 6.45) is 3.48. The largest absolute Gasteiger partial charge is 0.454 e. The maximum absolute atomic E-state index is 14.5. The van der Waals surface area contributed by atoms with Gasteiger partial charge in [0.05, 0.1) is 77.3 Å². The van der Waals surface area contributed by atoms with Gasteiger partial charge in [0.2, 0.25) is 0 Å². The second-order valence-electron chi connectivity index (χ2n) is 16.7. The van der Waals surface area contributed by atoms with Crippen LogP contribution in [0, 0.1) is 29.1 Å². The summed E-state index contributed by atoms with van der Waals surface area (Å²) in [5.41, 5.74) is 4.96. The van der Waals surface area contributed by atoms with Crippen LogP contribution in [0.1, 0.15) is 11.4 Å². The highest BCUT2D eigenvalue weighted by Crippen LogP contribution is 2.31. The number of rotatable bonds is 12. The van der Waals surface area contributed by atoms with Gasteiger partial charge < -0.3 is 40.2 Å². The Labute approximate surface area is 424 Å². The first kappa shape index (κ1) is 50.8. The van der Waals surface area contributed by atoms with E-state index in [1.165, 1.54) is 48.5 Å². The van der Waals surface area contributed by atoms with E-state index in [4.69, 9.17) is 30.5 Å². The van der Waals surface area contributed by atoms with Crippen molar-refractivity contribution in [1.82, 2.24) is 29.7 Å². The molecular formula is C52H44ClF5N10O6. The molecule has 380 valence electrons. The summed E-state index contributed by atoms with van der Waals surface area (Å²) < 4.78 is 91.3. The Kier molecular flexibility index (Phi) is 16.2. The van der Waals surface area contributed by atoms with Gasteiger partial charge in [0.1, 0.15) is 17.3 Å². The zero-order valence-electron chi connectivity index (χ0n) is 39.0. The van der Waals surface area contributed by atoms with E-state index in [1.807, 2.05) is 0 Å². The molecule has 2 aliphatic heterocycles. The lowest BCUT2D eigenvalue weighted by Gasteiger charge is -2.26. The number of anilines is 4. The van der Waals surface area contributed by atoms with E-state index in [0.717, 1.165) is 61.8 Å². The van der Waals surface area contributed by atoms with Gasteiger partial charge in [0.25, 0.3) is 0 Å². The number of ether oxygens (including phenoxy) is 4. The molecule has 10 rings (SSSR count). The van der Waals surface area contributed by atoms with Crippen LogP contribution in [0.25, 0.3) is 22.1 Å². The predicted molar refractivity (Wildman–Crippen MR) is 267 cm³/mol. The zero-order valence-corrected chi connectivity index (χ0v) is 39.8. The molecule has 16 nitrogen and oxygen atoms in total. The second-order valence-corrected chi connectivity index (χ2v) is 17.1. The summed E-state index contributed by atoms with van der Waals surface area (Å²) in [6.45, 7) is 7.38. The summed E-state index contributed by atoms with van der Waals surface area (Å²) in [5, 5.41) is 9.88. The molecule has 0 bridgehead atoms. The number of carbonyl (C=O) groups is 2. The minimum absolute atomic E-state index is 0.0558. The molecule has 0 unspecified atom stereocenters. The number of hydrogen-bond donors (Lipinski definition) is 4. The van der Waals surface area contributed by atoms with Gasteiger partial charge in [0, 0.05) is 92.3 Å². The fourth-order valence-electron chi connectivity index (χ4n) is 7.62. The Balaban J connectivity index is 0.000000182. The lowest BCUT2D eigenvalue weighted by atomic mass is 10.2. The monoisotopic (exact) mass is 1030 g/mol. The number of hydrogen-bond acceptors (Lipinski definition) is 12. The fourth-order valence-corrected chi connectivity index (χ4v) is 7.74. The van der Waals surface area contributed by atoms with Crippen LogP contribution in [0.15, 0.2) is 122 Å². The molecular weight excluding hydrogens is 991 g/mol. The van der Waals surface area contributed by atoms with Crippen LogP contribution in [0.3, 0.4) is 0 Å². The third-order valence-corrected chi connectivity index (χ3v) is 11.6. The number of fused-ring (bicyclic) bond motifs is 2. The van der Waals surface area contributed by atoms with Crippen LogP contribution in [-0.4, -0.2) is 94.4 Å². The first-order chi connectivity index (χ1) is 35.8.